The Bertz CT molecular complexity index is 378. The lowest BCUT2D eigenvalue weighted by atomic mass is 10.0. The lowest BCUT2D eigenvalue weighted by molar-refractivity contribution is -0.140. The Morgan fingerprint density at radius 3 is 2.44 bits per heavy atom. The van der Waals surface area contributed by atoms with Gasteiger partial charge in [-0.25, -0.2) is 9.97 Å². The van der Waals surface area contributed by atoms with E-state index in [1.807, 2.05) is 13.8 Å². The Hall–Kier alpha value is -1.69. The van der Waals surface area contributed by atoms with E-state index in [1.165, 1.54) is 0 Å². The maximum Gasteiger partial charge on any atom is 0.320 e. The molecule has 0 saturated heterocycles. The minimum Gasteiger partial charge on any atom is -0.480 e. The van der Waals surface area contributed by atoms with E-state index < -0.39 is 12.0 Å². The predicted molar refractivity (Wildman–Crippen MR) is 69.3 cm³/mol. The quantitative estimate of drug-likeness (QED) is 0.674. The Labute approximate surface area is 107 Å². The van der Waals surface area contributed by atoms with Gasteiger partial charge >= 0.3 is 5.97 Å². The molecule has 0 spiro atoms. The molecule has 1 aromatic rings. The van der Waals surface area contributed by atoms with Crippen LogP contribution in [0.4, 0.5) is 5.95 Å². The number of hydrogen-bond donors (Lipinski definition) is 3. The fraction of sp³-hybridized carbons (Fsp3) is 0.583. The smallest absolute Gasteiger partial charge is 0.320 e. The maximum absolute atomic E-state index is 11.1. The second-order valence-corrected chi connectivity index (χ2v) is 4.57. The number of nitrogens with one attached hydrogen (secondary N) is 2. The predicted octanol–water partition coefficient (Wildman–Crippen LogP) is 1.11. The van der Waals surface area contributed by atoms with Crippen molar-refractivity contribution in [2.75, 3.05) is 12.4 Å². The number of aliphatic carboxylic acids is 1. The van der Waals surface area contributed by atoms with E-state index in [9.17, 15) is 4.79 Å². The summed E-state index contributed by atoms with van der Waals surface area (Å²) >= 11 is 0. The van der Waals surface area contributed by atoms with Gasteiger partial charge in [-0.15, -0.1) is 0 Å². The SMILES string of the molecule is CNc1ncc(CN[C@H](CC(C)C)C(=O)O)cn1. The number of carboxylic acids is 1. The van der Waals surface area contributed by atoms with Crippen LogP contribution in [0.5, 0.6) is 0 Å². The third-order valence-corrected chi connectivity index (χ3v) is 2.49. The molecule has 6 heteroatoms. The first-order valence-corrected chi connectivity index (χ1v) is 5.97. The highest BCUT2D eigenvalue weighted by Gasteiger charge is 2.17. The van der Waals surface area contributed by atoms with Crippen LogP contribution in [-0.4, -0.2) is 34.1 Å². The van der Waals surface area contributed by atoms with Crippen molar-refractivity contribution in [2.45, 2.75) is 32.9 Å². The number of carbonyl (C=O) groups is 1. The van der Waals surface area contributed by atoms with E-state index in [0.717, 1.165) is 5.56 Å². The number of nitrogens with zero attached hydrogens (tertiary/aromatic N) is 2. The molecule has 0 bridgehead atoms. The first-order valence-electron chi connectivity index (χ1n) is 5.97. The van der Waals surface area contributed by atoms with Gasteiger partial charge in [-0.1, -0.05) is 13.8 Å². The summed E-state index contributed by atoms with van der Waals surface area (Å²) < 4.78 is 0. The van der Waals surface area contributed by atoms with Crippen molar-refractivity contribution in [1.29, 1.82) is 0 Å². The van der Waals surface area contributed by atoms with Gasteiger partial charge in [0.2, 0.25) is 5.95 Å². The molecule has 0 fully saturated rings. The van der Waals surface area contributed by atoms with E-state index in [-0.39, 0.29) is 0 Å². The highest BCUT2D eigenvalue weighted by molar-refractivity contribution is 5.73. The molecule has 0 aliphatic carbocycles. The maximum atomic E-state index is 11.1. The Morgan fingerprint density at radius 2 is 2.00 bits per heavy atom. The normalized spacial score (nSPS) is 12.4. The Balaban J connectivity index is 2.52. The van der Waals surface area contributed by atoms with Gasteiger partial charge in [0, 0.05) is 31.5 Å². The van der Waals surface area contributed by atoms with Crippen LogP contribution in [0, 0.1) is 5.92 Å². The summed E-state index contributed by atoms with van der Waals surface area (Å²) in [5.41, 5.74) is 0.865. The van der Waals surface area contributed by atoms with Gasteiger partial charge in [-0.2, -0.15) is 0 Å². The van der Waals surface area contributed by atoms with E-state index in [2.05, 4.69) is 20.6 Å². The third kappa shape index (κ3) is 4.67. The second-order valence-electron chi connectivity index (χ2n) is 4.57. The van der Waals surface area contributed by atoms with Crippen molar-refractivity contribution >= 4 is 11.9 Å². The summed E-state index contributed by atoms with van der Waals surface area (Å²) in [4.78, 5) is 19.2. The average molecular weight is 252 g/mol. The minimum absolute atomic E-state index is 0.335. The molecule has 3 N–H and O–H groups in total. The lowest BCUT2D eigenvalue weighted by Gasteiger charge is -2.16. The molecule has 6 nitrogen and oxygen atoms in total. The van der Waals surface area contributed by atoms with Crippen LogP contribution in [0.2, 0.25) is 0 Å². The van der Waals surface area contributed by atoms with E-state index in [0.29, 0.717) is 24.8 Å². The summed E-state index contributed by atoms with van der Waals surface area (Å²) in [5.74, 6) is 0.0636. The molecule has 0 radical (unpaired) electrons. The number of anilines is 1. The van der Waals surface area contributed by atoms with Gasteiger partial charge in [-0.3, -0.25) is 4.79 Å². The molecule has 18 heavy (non-hydrogen) atoms. The van der Waals surface area contributed by atoms with E-state index in [4.69, 9.17) is 5.11 Å². The number of hydrogen-bond acceptors (Lipinski definition) is 5. The summed E-state index contributed by atoms with van der Waals surface area (Å²) in [5, 5.41) is 14.9. The van der Waals surface area contributed by atoms with Gasteiger partial charge in [0.25, 0.3) is 0 Å². The van der Waals surface area contributed by atoms with Gasteiger partial charge in [0.1, 0.15) is 6.04 Å². The molecule has 1 aromatic heterocycles. The first-order chi connectivity index (χ1) is 8.52. The second kappa shape index (κ2) is 6.90. The lowest BCUT2D eigenvalue weighted by Crippen LogP contribution is -2.37. The van der Waals surface area contributed by atoms with Crippen molar-refractivity contribution in [1.82, 2.24) is 15.3 Å². The molecule has 0 aliphatic rings. The zero-order valence-corrected chi connectivity index (χ0v) is 11.0. The van der Waals surface area contributed by atoms with Crippen molar-refractivity contribution in [3.05, 3.63) is 18.0 Å². The van der Waals surface area contributed by atoms with Gasteiger partial charge in [-0.05, 0) is 12.3 Å². The molecule has 0 aromatic carbocycles. The van der Waals surface area contributed by atoms with Crippen molar-refractivity contribution < 1.29 is 9.90 Å². The summed E-state index contributed by atoms with van der Waals surface area (Å²) in [6.45, 7) is 4.46. The summed E-state index contributed by atoms with van der Waals surface area (Å²) in [6.07, 6.45) is 3.96. The molecule has 1 rings (SSSR count). The molecular formula is C12H20N4O2. The summed E-state index contributed by atoms with van der Waals surface area (Å²) in [7, 11) is 1.75. The van der Waals surface area contributed by atoms with Crippen molar-refractivity contribution in [3.63, 3.8) is 0 Å². The minimum atomic E-state index is -0.823. The van der Waals surface area contributed by atoms with Gasteiger partial charge < -0.3 is 15.7 Å². The van der Waals surface area contributed by atoms with Crippen LogP contribution in [0.15, 0.2) is 12.4 Å². The molecule has 0 amide bonds. The van der Waals surface area contributed by atoms with Crippen LogP contribution in [0.25, 0.3) is 0 Å². The van der Waals surface area contributed by atoms with Gasteiger partial charge in [0.05, 0.1) is 0 Å². The number of rotatable bonds is 7. The monoisotopic (exact) mass is 252 g/mol. The molecular weight excluding hydrogens is 232 g/mol. The highest BCUT2D eigenvalue weighted by atomic mass is 16.4. The molecule has 1 heterocycles. The fourth-order valence-corrected chi connectivity index (χ4v) is 1.56. The van der Waals surface area contributed by atoms with Crippen molar-refractivity contribution in [2.24, 2.45) is 5.92 Å². The van der Waals surface area contributed by atoms with Crippen LogP contribution >= 0.6 is 0 Å². The third-order valence-electron chi connectivity index (χ3n) is 2.49. The Kier molecular flexibility index (Phi) is 5.51. The van der Waals surface area contributed by atoms with Crippen LogP contribution < -0.4 is 10.6 Å². The highest BCUT2D eigenvalue weighted by Crippen LogP contribution is 2.06. The fourth-order valence-electron chi connectivity index (χ4n) is 1.56. The van der Waals surface area contributed by atoms with Crippen LogP contribution in [-0.2, 0) is 11.3 Å². The molecule has 0 aliphatic heterocycles. The largest absolute Gasteiger partial charge is 0.480 e. The standard InChI is InChI=1S/C12H20N4O2/c1-8(2)4-10(11(17)18)14-5-9-6-15-12(13-3)16-7-9/h6-8,10,14H,4-5H2,1-3H3,(H,17,18)(H,13,15,16)/t10-/m1/s1. The van der Waals surface area contributed by atoms with E-state index >= 15 is 0 Å². The average Bonchev–Trinajstić information content (AvgIpc) is 2.34. The van der Waals surface area contributed by atoms with E-state index in [1.54, 1.807) is 19.4 Å². The number of aromatic nitrogens is 2. The molecule has 0 saturated carbocycles. The number of carboxylic acid groups (broad SMARTS) is 1. The molecule has 1 atom stereocenters. The molecule has 0 unspecified atom stereocenters. The zero-order chi connectivity index (χ0) is 13.5. The van der Waals surface area contributed by atoms with Crippen LogP contribution in [0.3, 0.4) is 0 Å². The topological polar surface area (TPSA) is 87.1 Å². The zero-order valence-electron chi connectivity index (χ0n) is 11.0. The van der Waals surface area contributed by atoms with Gasteiger partial charge in [0.15, 0.2) is 0 Å². The first kappa shape index (κ1) is 14.4. The molecule has 100 valence electrons. The van der Waals surface area contributed by atoms with Crippen molar-refractivity contribution in [3.8, 4) is 0 Å². The summed E-state index contributed by atoms with van der Waals surface area (Å²) in [6, 6.07) is -0.533. The van der Waals surface area contributed by atoms with Crippen LogP contribution in [0.1, 0.15) is 25.8 Å². The Morgan fingerprint density at radius 1 is 1.39 bits per heavy atom.